The van der Waals surface area contributed by atoms with Crippen LogP contribution < -0.4 is 15.1 Å². The quantitative estimate of drug-likeness (QED) is 0.0879. The van der Waals surface area contributed by atoms with Crippen molar-refractivity contribution in [1.29, 1.82) is 0 Å². The molecule has 0 saturated carbocycles. The van der Waals surface area contributed by atoms with Crippen LogP contribution in [0.3, 0.4) is 0 Å². The van der Waals surface area contributed by atoms with Crippen LogP contribution >= 0.6 is 0 Å². The van der Waals surface area contributed by atoms with E-state index in [9.17, 15) is 0 Å². The maximum Gasteiger partial charge on any atom is 0.0499 e. The lowest BCUT2D eigenvalue weighted by molar-refractivity contribution is 0.428. The summed E-state index contributed by atoms with van der Waals surface area (Å²) in [5, 5.41) is 3.64. The third kappa shape index (κ3) is 8.85. The molecule has 0 spiro atoms. The molecule has 0 amide bonds. The van der Waals surface area contributed by atoms with E-state index in [4.69, 9.17) is 0 Å². The van der Waals surface area contributed by atoms with E-state index in [0.29, 0.717) is 0 Å². The van der Waals surface area contributed by atoms with Gasteiger partial charge in [0.15, 0.2) is 0 Å². The van der Waals surface area contributed by atoms with E-state index in [0.717, 1.165) is 66.1 Å². The molecule has 3 heteroatoms. The van der Waals surface area contributed by atoms with Gasteiger partial charge in [0.1, 0.15) is 0 Å². The Kier molecular flexibility index (Phi) is 13.4. The van der Waals surface area contributed by atoms with Gasteiger partial charge in [-0.05, 0) is 151 Å². The lowest BCUT2D eigenvalue weighted by atomic mass is 9.78. The molecule has 6 rings (SSSR count). The lowest BCUT2D eigenvalue weighted by Gasteiger charge is -2.42. The molecule has 58 heavy (non-hydrogen) atoms. The predicted molar refractivity (Wildman–Crippen MR) is 254 cm³/mol. The summed E-state index contributed by atoms with van der Waals surface area (Å²) in [6, 6.07) is 55.3. The Balaban J connectivity index is 1.34. The van der Waals surface area contributed by atoms with E-state index >= 15 is 0 Å². The summed E-state index contributed by atoms with van der Waals surface area (Å²) in [6.07, 6.45) is 7.18. The van der Waals surface area contributed by atoms with Gasteiger partial charge in [-0.1, -0.05) is 134 Å². The van der Waals surface area contributed by atoms with Gasteiger partial charge in [-0.2, -0.15) is 0 Å². The van der Waals surface area contributed by atoms with Crippen molar-refractivity contribution >= 4 is 39.8 Å². The molecule has 0 bridgehead atoms. The molecule has 0 aliphatic heterocycles. The van der Waals surface area contributed by atoms with Crippen LogP contribution in [-0.4, -0.2) is 5.54 Å². The fourth-order valence-electron chi connectivity index (χ4n) is 8.23. The Morgan fingerprint density at radius 3 is 1.53 bits per heavy atom. The highest BCUT2D eigenvalue weighted by molar-refractivity contribution is 5.82. The van der Waals surface area contributed by atoms with Gasteiger partial charge in [-0.15, -0.1) is 0 Å². The zero-order valence-corrected chi connectivity index (χ0v) is 35.9. The summed E-state index contributed by atoms with van der Waals surface area (Å²) >= 11 is 0. The van der Waals surface area contributed by atoms with Gasteiger partial charge < -0.3 is 15.1 Å². The average Bonchev–Trinajstić information content (AvgIpc) is 3.28. The molecule has 6 aromatic rings. The normalized spacial score (nSPS) is 12.1. The first-order chi connectivity index (χ1) is 28.1. The van der Waals surface area contributed by atoms with Gasteiger partial charge in [0, 0.05) is 51.3 Å². The second-order valence-electron chi connectivity index (χ2n) is 16.1. The lowest BCUT2D eigenvalue weighted by Crippen LogP contribution is -2.42. The number of para-hydroxylation sites is 2. The molecule has 6 aromatic carbocycles. The highest BCUT2D eigenvalue weighted by atomic mass is 15.2. The molecule has 3 nitrogen and oxygen atoms in total. The Morgan fingerprint density at radius 1 is 0.569 bits per heavy atom. The minimum Gasteiger partial charge on any atom is -0.356 e. The molecule has 0 fully saturated rings. The van der Waals surface area contributed by atoms with Gasteiger partial charge >= 0.3 is 0 Å². The molecule has 0 heterocycles. The zero-order valence-electron chi connectivity index (χ0n) is 35.9. The number of allylic oxidation sites excluding steroid dienone is 2. The second-order valence-corrected chi connectivity index (χ2v) is 16.1. The SMILES string of the molecule is C=CC(=C)C(CC)c1ccccc1N(c1ccc(Nc2ccc(C(C)(CC)CC)cc2)cc1)c1ccc(-c2ccc(N(c3ccccc3)C(C)(CC)CC)cc2)cc1. The highest BCUT2D eigenvalue weighted by Gasteiger charge is 2.30. The van der Waals surface area contributed by atoms with Crippen LogP contribution in [-0.2, 0) is 5.41 Å². The largest absolute Gasteiger partial charge is 0.356 e. The van der Waals surface area contributed by atoms with E-state index in [1.165, 1.54) is 33.6 Å². The summed E-state index contributed by atoms with van der Waals surface area (Å²) in [5.74, 6) is 0.151. The van der Waals surface area contributed by atoms with Crippen molar-refractivity contribution in [2.45, 2.75) is 97.4 Å². The van der Waals surface area contributed by atoms with E-state index in [-0.39, 0.29) is 16.9 Å². The van der Waals surface area contributed by atoms with Crippen LogP contribution in [0, 0.1) is 0 Å². The Hall–Kier alpha value is -5.80. The van der Waals surface area contributed by atoms with Crippen molar-refractivity contribution < 1.29 is 0 Å². The van der Waals surface area contributed by atoms with Crippen molar-refractivity contribution in [3.05, 3.63) is 188 Å². The summed E-state index contributed by atoms with van der Waals surface area (Å²) in [4.78, 5) is 4.88. The fraction of sp³-hybridized carbons (Fsp3) is 0.273. The van der Waals surface area contributed by atoms with Crippen molar-refractivity contribution in [3.8, 4) is 11.1 Å². The van der Waals surface area contributed by atoms with Crippen LogP contribution in [0.4, 0.5) is 39.8 Å². The highest BCUT2D eigenvalue weighted by Crippen LogP contribution is 2.43. The average molecular weight is 766 g/mol. The number of anilines is 7. The topological polar surface area (TPSA) is 18.5 Å². The molecule has 1 atom stereocenters. The van der Waals surface area contributed by atoms with Crippen LogP contribution in [0.15, 0.2) is 176 Å². The molecule has 298 valence electrons. The maximum atomic E-state index is 4.40. The minimum absolute atomic E-state index is 0.00424. The van der Waals surface area contributed by atoms with Gasteiger partial charge in [0.05, 0.1) is 0 Å². The summed E-state index contributed by atoms with van der Waals surface area (Å²) in [5.41, 5.74) is 14.1. The van der Waals surface area contributed by atoms with Crippen molar-refractivity contribution in [1.82, 2.24) is 0 Å². The number of nitrogens with zero attached hydrogens (tertiary/aromatic N) is 2. The van der Waals surface area contributed by atoms with Gasteiger partial charge in [-0.3, -0.25) is 0 Å². The Morgan fingerprint density at radius 2 is 1.03 bits per heavy atom. The van der Waals surface area contributed by atoms with Crippen molar-refractivity contribution in [3.63, 3.8) is 0 Å². The smallest absolute Gasteiger partial charge is 0.0499 e. The van der Waals surface area contributed by atoms with Crippen molar-refractivity contribution in [2.75, 3.05) is 15.1 Å². The number of hydrogen-bond acceptors (Lipinski definition) is 3. The Bertz CT molecular complexity index is 2230. The van der Waals surface area contributed by atoms with Crippen LogP contribution in [0.2, 0.25) is 0 Å². The third-order valence-electron chi connectivity index (χ3n) is 12.9. The van der Waals surface area contributed by atoms with Crippen molar-refractivity contribution in [2.24, 2.45) is 0 Å². The number of benzene rings is 6. The number of hydrogen-bond donors (Lipinski definition) is 1. The first kappa shape index (κ1) is 41.8. The summed E-state index contributed by atoms with van der Waals surface area (Å²) in [7, 11) is 0. The predicted octanol–water partition coefficient (Wildman–Crippen LogP) is 16.6. The second kappa shape index (κ2) is 18.6. The van der Waals surface area contributed by atoms with Crippen LogP contribution in [0.25, 0.3) is 11.1 Å². The molecule has 0 radical (unpaired) electrons. The summed E-state index contributed by atoms with van der Waals surface area (Å²) in [6.45, 7) is 24.6. The molecule has 0 aliphatic rings. The first-order valence-corrected chi connectivity index (χ1v) is 21.4. The van der Waals surface area contributed by atoms with Crippen LogP contribution in [0.5, 0.6) is 0 Å². The fourth-order valence-corrected chi connectivity index (χ4v) is 8.23. The molecular weight excluding hydrogens is 703 g/mol. The third-order valence-corrected chi connectivity index (χ3v) is 12.9. The van der Waals surface area contributed by atoms with E-state index in [1.807, 2.05) is 6.08 Å². The monoisotopic (exact) mass is 766 g/mol. The molecule has 0 saturated heterocycles. The van der Waals surface area contributed by atoms with Gasteiger partial charge in [-0.25, -0.2) is 0 Å². The minimum atomic E-state index is 0.00424. The molecular formula is C55H63N3. The molecule has 0 aromatic heterocycles. The molecule has 1 N–H and O–H groups in total. The molecule has 0 aliphatic carbocycles. The van der Waals surface area contributed by atoms with E-state index in [2.05, 4.69) is 228 Å². The number of nitrogens with one attached hydrogen (secondary N) is 1. The standard InChI is InChI=1S/C55H63N3/c1-10-41(7)51(11-2)52-23-19-20-24-53(52)57(48-39-33-46(34-40-48)56-45-31-29-44(30-32-45)54(8,12-3)13-4)47-35-25-42(26-36-47)43-27-37-50(38-28-43)58(55(9,14-5)15-6)49-21-17-16-18-22-49/h10,16-40,51,56H,1,7,11-15H2,2-6,8-9H3. The van der Waals surface area contributed by atoms with Crippen LogP contribution in [0.1, 0.15) is 97.6 Å². The van der Waals surface area contributed by atoms with Gasteiger partial charge in [0.25, 0.3) is 0 Å². The Labute approximate surface area is 349 Å². The van der Waals surface area contributed by atoms with E-state index in [1.54, 1.807) is 0 Å². The number of rotatable bonds is 18. The summed E-state index contributed by atoms with van der Waals surface area (Å²) < 4.78 is 0. The van der Waals surface area contributed by atoms with Gasteiger partial charge in [0.2, 0.25) is 0 Å². The zero-order chi connectivity index (χ0) is 41.3. The first-order valence-electron chi connectivity index (χ1n) is 21.4. The molecule has 1 unspecified atom stereocenters. The maximum absolute atomic E-state index is 4.40. The van der Waals surface area contributed by atoms with E-state index < -0.39 is 0 Å².